The Hall–Kier alpha value is -0.650. The van der Waals surface area contributed by atoms with Crippen LogP contribution in [0.15, 0.2) is 12.1 Å². The molecule has 1 aromatic carbocycles. The minimum Gasteiger partial charge on any atom is -0.505 e. The molecule has 1 atom stereocenters. The van der Waals surface area contributed by atoms with Gasteiger partial charge in [-0.15, -0.1) is 0 Å². The highest BCUT2D eigenvalue weighted by Gasteiger charge is 2.12. The highest BCUT2D eigenvalue weighted by molar-refractivity contribution is 7.90. The van der Waals surface area contributed by atoms with Crippen LogP contribution >= 0.6 is 23.2 Å². The van der Waals surface area contributed by atoms with Gasteiger partial charge in [-0.2, -0.15) is 0 Å². The van der Waals surface area contributed by atoms with E-state index in [2.05, 4.69) is 5.32 Å². The maximum Gasteiger partial charge on any atom is 0.152 e. The quantitative estimate of drug-likeness (QED) is 0.838. The summed E-state index contributed by atoms with van der Waals surface area (Å²) < 4.78 is 22.2. The number of anilines is 1. The van der Waals surface area contributed by atoms with Gasteiger partial charge in [-0.3, -0.25) is 0 Å². The van der Waals surface area contributed by atoms with Crippen LogP contribution in [0, 0.1) is 0 Å². The summed E-state index contributed by atoms with van der Waals surface area (Å²) in [5.41, 5.74) is 0.564. The third-order valence-corrected chi connectivity index (χ3v) is 3.66. The lowest BCUT2D eigenvalue weighted by Gasteiger charge is -2.15. The first-order valence-corrected chi connectivity index (χ1v) is 7.63. The SMILES string of the molecule is CC(CS(C)(=O)=O)Nc1cc(Cl)c(O)c(Cl)c1. The summed E-state index contributed by atoms with van der Waals surface area (Å²) in [6.07, 6.45) is 1.17. The monoisotopic (exact) mass is 297 g/mol. The van der Waals surface area contributed by atoms with Gasteiger partial charge in [0.25, 0.3) is 0 Å². The number of nitrogens with one attached hydrogen (secondary N) is 1. The zero-order chi connectivity index (χ0) is 13.2. The first-order valence-electron chi connectivity index (χ1n) is 4.81. The number of hydrogen-bond acceptors (Lipinski definition) is 4. The fourth-order valence-corrected chi connectivity index (χ4v) is 2.91. The highest BCUT2D eigenvalue weighted by atomic mass is 35.5. The zero-order valence-electron chi connectivity index (χ0n) is 9.37. The van der Waals surface area contributed by atoms with Crippen LogP contribution in [0.1, 0.15) is 6.92 Å². The van der Waals surface area contributed by atoms with E-state index in [4.69, 9.17) is 23.2 Å². The van der Waals surface area contributed by atoms with Crippen LogP contribution in [-0.4, -0.2) is 31.6 Å². The molecule has 0 aromatic heterocycles. The van der Waals surface area contributed by atoms with E-state index < -0.39 is 9.84 Å². The van der Waals surface area contributed by atoms with E-state index in [0.29, 0.717) is 5.69 Å². The second-order valence-electron chi connectivity index (χ2n) is 3.93. The molecular formula is C10H13Cl2NO3S. The Bertz CT molecular complexity index is 493. The molecule has 4 nitrogen and oxygen atoms in total. The summed E-state index contributed by atoms with van der Waals surface area (Å²) in [5, 5.41) is 12.5. The van der Waals surface area contributed by atoms with Crippen molar-refractivity contribution in [2.24, 2.45) is 0 Å². The molecule has 0 spiro atoms. The van der Waals surface area contributed by atoms with Crippen molar-refractivity contribution in [2.45, 2.75) is 13.0 Å². The molecule has 0 amide bonds. The van der Waals surface area contributed by atoms with Crippen LogP contribution in [0.2, 0.25) is 10.0 Å². The zero-order valence-corrected chi connectivity index (χ0v) is 11.7. The molecule has 0 aliphatic heterocycles. The van der Waals surface area contributed by atoms with Crippen LogP contribution in [0.3, 0.4) is 0 Å². The molecule has 0 radical (unpaired) electrons. The van der Waals surface area contributed by atoms with Crippen molar-refractivity contribution >= 4 is 38.7 Å². The molecule has 7 heteroatoms. The Morgan fingerprint density at radius 3 is 2.24 bits per heavy atom. The summed E-state index contributed by atoms with van der Waals surface area (Å²) >= 11 is 11.5. The number of hydrogen-bond donors (Lipinski definition) is 2. The third-order valence-electron chi connectivity index (χ3n) is 1.98. The molecule has 1 rings (SSSR count). The lowest BCUT2D eigenvalue weighted by Crippen LogP contribution is -2.24. The first kappa shape index (κ1) is 14.4. The average molecular weight is 298 g/mol. The molecular weight excluding hydrogens is 285 g/mol. The summed E-state index contributed by atoms with van der Waals surface area (Å²) in [6.45, 7) is 1.73. The second kappa shape index (κ2) is 5.33. The smallest absolute Gasteiger partial charge is 0.152 e. The lowest BCUT2D eigenvalue weighted by atomic mass is 10.2. The summed E-state index contributed by atoms with van der Waals surface area (Å²) in [5.74, 6) is -0.182. The number of sulfone groups is 1. The molecule has 1 unspecified atom stereocenters. The molecule has 0 saturated heterocycles. The predicted molar refractivity (Wildman–Crippen MR) is 70.9 cm³/mol. The fourth-order valence-electron chi connectivity index (χ4n) is 1.43. The minimum absolute atomic E-state index is 0.00309. The van der Waals surface area contributed by atoms with Gasteiger partial charge < -0.3 is 10.4 Å². The topological polar surface area (TPSA) is 66.4 Å². The second-order valence-corrected chi connectivity index (χ2v) is 6.93. The fraction of sp³-hybridized carbons (Fsp3) is 0.400. The van der Waals surface area contributed by atoms with Gasteiger partial charge >= 0.3 is 0 Å². The van der Waals surface area contributed by atoms with Crippen molar-refractivity contribution in [1.29, 1.82) is 0 Å². The van der Waals surface area contributed by atoms with Crippen LogP contribution in [0.5, 0.6) is 5.75 Å². The van der Waals surface area contributed by atoms with Gasteiger partial charge in [0.1, 0.15) is 9.84 Å². The van der Waals surface area contributed by atoms with Crippen molar-refractivity contribution in [3.63, 3.8) is 0 Å². The van der Waals surface area contributed by atoms with E-state index in [1.165, 1.54) is 18.4 Å². The Morgan fingerprint density at radius 1 is 1.35 bits per heavy atom. The molecule has 0 aliphatic rings. The van der Waals surface area contributed by atoms with Gasteiger partial charge in [0.05, 0.1) is 15.8 Å². The molecule has 0 heterocycles. The molecule has 0 aliphatic carbocycles. The highest BCUT2D eigenvalue weighted by Crippen LogP contribution is 2.34. The molecule has 0 fully saturated rings. The predicted octanol–water partition coefficient (Wildman–Crippen LogP) is 2.54. The number of benzene rings is 1. The lowest BCUT2D eigenvalue weighted by molar-refractivity contribution is 0.476. The number of phenols is 1. The molecule has 17 heavy (non-hydrogen) atoms. The number of rotatable bonds is 4. The molecule has 2 N–H and O–H groups in total. The number of halogens is 2. The van der Waals surface area contributed by atoms with Crippen LogP contribution < -0.4 is 5.32 Å². The van der Waals surface area contributed by atoms with Crippen molar-refractivity contribution in [3.8, 4) is 5.75 Å². The van der Waals surface area contributed by atoms with E-state index in [0.717, 1.165) is 0 Å². The van der Waals surface area contributed by atoms with Crippen LogP contribution in [0.25, 0.3) is 0 Å². The molecule has 0 bridgehead atoms. The number of aromatic hydroxyl groups is 1. The Kier molecular flexibility index (Phi) is 4.52. The third kappa shape index (κ3) is 4.61. The first-order chi connectivity index (χ1) is 7.69. The molecule has 96 valence electrons. The van der Waals surface area contributed by atoms with Crippen LogP contribution in [0.4, 0.5) is 5.69 Å². The maximum absolute atomic E-state index is 11.1. The van der Waals surface area contributed by atoms with E-state index in [-0.39, 0.29) is 27.6 Å². The molecule has 1 aromatic rings. The minimum atomic E-state index is -3.05. The van der Waals surface area contributed by atoms with E-state index >= 15 is 0 Å². The molecule has 0 saturated carbocycles. The van der Waals surface area contributed by atoms with Gasteiger partial charge in [-0.1, -0.05) is 23.2 Å². The Labute approximate surface area is 110 Å². The van der Waals surface area contributed by atoms with Crippen molar-refractivity contribution in [2.75, 3.05) is 17.3 Å². The maximum atomic E-state index is 11.1. The Morgan fingerprint density at radius 2 is 1.82 bits per heavy atom. The van der Waals surface area contributed by atoms with E-state index in [1.807, 2.05) is 0 Å². The number of phenolic OH excluding ortho intramolecular Hbond substituents is 1. The van der Waals surface area contributed by atoms with Gasteiger partial charge in [0, 0.05) is 18.0 Å². The van der Waals surface area contributed by atoms with Crippen molar-refractivity contribution in [1.82, 2.24) is 0 Å². The van der Waals surface area contributed by atoms with Crippen LogP contribution in [-0.2, 0) is 9.84 Å². The standard InChI is InChI=1S/C10H13Cl2NO3S/c1-6(5-17(2,15)16)13-7-3-8(11)10(14)9(12)4-7/h3-4,6,13-14H,5H2,1-2H3. The van der Waals surface area contributed by atoms with E-state index in [1.54, 1.807) is 6.92 Å². The van der Waals surface area contributed by atoms with Crippen molar-refractivity contribution in [3.05, 3.63) is 22.2 Å². The van der Waals surface area contributed by atoms with E-state index in [9.17, 15) is 13.5 Å². The Balaban J connectivity index is 2.82. The summed E-state index contributed by atoms with van der Waals surface area (Å²) in [6, 6.07) is 2.70. The summed E-state index contributed by atoms with van der Waals surface area (Å²) in [7, 11) is -3.05. The van der Waals surface area contributed by atoms with Gasteiger partial charge in [-0.25, -0.2) is 8.42 Å². The van der Waals surface area contributed by atoms with Gasteiger partial charge in [0.15, 0.2) is 5.75 Å². The van der Waals surface area contributed by atoms with Gasteiger partial charge in [0.2, 0.25) is 0 Å². The van der Waals surface area contributed by atoms with Gasteiger partial charge in [-0.05, 0) is 19.1 Å². The van der Waals surface area contributed by atoms with Crippen molar-refractivity contribution < 1.29 is 13.5 Å². The normalized spacial score (nSPS) is 13.4. The largest absolute Gasteiger partial charge is 0.505 e. The average Bonchev–Trinajstić information content (AvgIpc) is 2.10. The summed E-state index contributed by atoms with van der Waals surface area (Å²) in [4.78, 5) is 0.